The number of fused-ring (bicyclic) bond motifs is 1. The number of carbonyl (C=O) groups is 2. The second-order valence-corrected chi connectivity index (χ2v) is 5.07. The molecule has 0 radical (unpaired) electrons. The molecular formula is C13H16Cl2N4O4. The van der Waals surface area contributed by atoms with Gasteiger partial charge in [-0.2, -0.15) is 0 Å². The SMILES string of the molecule is CCCCc1c(Cl)c(=O)c(C(=O)NCC(=O)O)c2nc[nH]n12.Cl. The topological polar surface area (TPSA) is 117 Å². The Bertz CT molecular complexity index is 784. The van der Waals surface area contributed by atoms with Gasteiger partial charge in [-0.05, 0) is 12.8 Å². The Morgan fingerprint density at radius 3 is 2.78 bits per heavy atom. The lowest BCUT2D eigenvalue weighted by Crippen LogP contribution is -2.34. The summed E-state index contributed by atoms with van der Waals surface area (Å²) in [5.74, 6) is -2.03. The van der Waals surface area contributed by atoms with Crippen LogP contribution in [0.25, 0.3) is 5.65 Å². The van der Waals surface area contributed by atoms with Crippen LogP contribution in [-0.4, -0.2) is 38.1 Å². The van der Waals surface area contributed by atoms with Gasteiger partial charge in [-0.25, -0.2) is 9.50 Å². The number of nitrogens with zero attached hydrogens (tertiary/aromatic N) is 2. The molecule has 0 spiro atoms. The van der Waals surface area contributed by atoms with Crippen LogP contribution >= 0.6 is 24.0 Å². The largest absolute Gasteiger partial charge is 0.480 e. The Kier molecular flexibility index (Phi) is 6.59. The zero-order valence-corrected chi connectivity index (χ0v) is 13.8. The Balaban J connectivity index is 0.00000264. The van der Waals surface area contributed by atoms with Crippen LogP contribution in [0.2, 0.25) is 5.02 Å². The van der Waals surface area contributed by atoms with Crippen molar-refractivity contribution in [2.24, 2.45) is 0 Å². The van der Waals surface area contributed by atoms with Gasteiger partial charge >= 0.3 is 5.97 Å². The van der Waals surface area contributed by atoms with Crippen LogP contribution in [0.4, 0.5) is 0 Å². The summed E-state index contributed by atoms with van der Waals surface area (Å²) in [5, 5.41) is 13.5. The van der Waals surface area contributed by atoms with E-state index in [4.69, 9.17) is 16.7 Å². The summed E-state index contributed by atoms with van der Waals surface area (Å²) < 4.78 is 1.48. The van der Waals surface area contributed by atoms with Crippen molar-refractivity contribution in [3.63, 3.8) is 0 Å². The predicted octanol–water partition coefficient (Wildman–Crippen LogP) is 1.25. The molecule has 3 N–H and O–H groups in total. The number of carbonyl (C=O) groups excluding carboxylic acids is 1. The van der Waals surface area contributed by atoms with E-state index in [-0.39, 0.29) is 28.6 Å². The van der Waals surface area contributed by atoms with Crippen molar-refractivity contribution < 1.29 is 14.7 Å². The number of carboxylic acids is 1. The Labute approximate surface area is 142 Å². The molecule has 0 unspecified atom stereocenters. The molecule has 10 heteroatoms. The van der Waals surface area contributed by atoms with E-state index in [1.807, 2.05) is 6.92 Å². The first-order valence-corrected chi connectivity index (χ1v) is 7.11. The van der Waals surface area contributed by atoms with Crippen LogP contribution in [-0.2, 0) is 11.2 Å². The molecule has 0 aliphatic heterocycles. The van der Waals surface area contributed by atoms with E-state index in [1.165, 1.54) is 10.8 Å². The molecule has 1 amide bonds. The van der Waals surface area contributed by atoms with E-state index in [2.05, 4.69) is 15.4 Å². The Hall–Kier alpha value is -2.06. The van der Waals surface area contributed by atoms with Crippen LogP contribution < -0.4 is 10.7 Å². The molecule has 2 rings (SSSR count). The van der Waals surface area contributed by atoms with Crippen molar-refractivity contribution >= 4 is 41.5 Å². The number of hydrogen-bond donors (Lipinski definition) is 3. The molecule has 0 aliphatic carbocycles. The highest BCUT2D eigenvalue weighted by Crippen LogP contribution is 2.18. The first-order chi connectivity index (χ1) is 10.5. The number of nitrogens with one attached hydrogen (secondary N) is 2. The number of hydrogen-bond acceptors (Lipinski definition) is 4. The van der Waals surface area contributed by atoms with E-state index in [1.54, 1.807) is 0 Å². The van der Waals surface area contributed by atoms with Crippen LogP contribution in [0.1, 0.15) is 35.8 Å². The fourth-order valence-corrected chi connectivity index (χ4v) is 2.38. The first-order valence-electron chi connectivity index (χ1n) is 6.73. The molecule has 0 fully saturated rings. The summed E-state index contributed by atoms with van der Waals surface area (Å²) in [6, 6.07) is 0. The Morgan fingerprint density at radius 1 is 1.48 bits per heavy atom. The van der Waals surface area contributed by atoms with E-state index < -0.39 is 23.9 Å². The third-order valence-electron chi connectivity index (χ3n) is 3.15. The summed E-state index contributed by atoms with van der Waals surface area (Å²) in [5.41, 5.74) is -0.241. The van der Waals surface area contributed by atoms with Gasteiger partial charge in [0.2, 0.25) is 5.43 Å². The molecule has 0 saturated carbocycles. The molecule has 0 saturated heterocycles. The first kappa shape index (κ1) is 19.0. The number of aryl methyl sites for hydroxylation is 1. The van der Waals surface area contributed by atoms with Gasteiger partial charge in [0, 0.05) is 0 Å². The zero-order valence-electron chi connectivity index (χ0n) is 12.3. The number of aromatic amines is 1. The molecule has 8 nitrogen and oxygen atoms in total. The second-order valence-electron chi connectivity index (χ2n) is 4.69. The molecule has 2 heterocycles. The minimum Gasteiger partial charge on any atom is -0.480 e. The van der Waals surface area contributed by atoms with Crippen molar-refractivity contribution in [3.05, 3.63) is 32.8 Å². The van der Waals surface area contributed by atoms with Gasteiger partial charge in [-0.1, -0.05) is 24.9 Å². The van der Waals surface area contributed by atoms with Gasteiger partial charge in [0.15, 0.2) is 5.65 Å². The number of amides is 1. The van der Waals surface area contributed by atoms with Gasteiger partial charge in [-0.3, -0.25) is 19.5 Å². The maximum Gasteiger partial charge on any atom is 0.322 e. The third kappa shape index (κ3) is 3.83. The van der Waals surface area contributed by atoms with Crippen molar-refractivity contribution in [1.29, 1.82) is 0 Å². The summed E-state index contributed by atoms with van der Waals surface area (Å²) in [4.78, 5) is 38.9. The normalized spacial score (nSPS) is 10.3. The van der Waals surface area contributed by atoms with E-state index in [9.17, 15) is 14.4 Å². The molecular weight excluding hydrogens is 347 g/mol. The quantitative estimate of drug-likeness (QED) is 0.714. The summed E-state index contributed by atoms with van der Waals surface area (Å²) in [6.07, 6.45) is 3.64. The highest BCUT2D eigenvalue weighted by atomic mass is 35.5. The molecule has 0 atom stereocenters. The summed E-state index contributed by atoms with van der Waals surface area (Å²) >= 11 is 6.10. The zero-order chi connectivity index (χ0) is 16.3. The van der Waals surface area contributed by atoms with Crippen molar-refractivity contribution in [1.82, 2.24) is 19.9 Å². The minimum atomic E-state index is -1.21. The van der Waals surface area contributed by atoms with Crippen LogP contribution in [0.15, 0.2) is 11.1 Å². The van der Waals surface area contributed by atoms with Crippen LogP contribution in [0.3, 0.4) is 0 Å². The van der Waals surface area contributed by atoms with Gasteiger partial charge in [0.25, 0.3) is 5.91 Å². The monoisotopic (exact) mass is 362 g/mol. The van der Waals surface area contributed by atoms with E-state index in [0.717, 1.165) is 12.8 Å². The maximum atomic E-state index is 12.3. The highest BCUT2D eigenvalue weighted by Gasteiger charge is 2.23. The number of unbranched alkanes of at least 4 members (excludes halogenated alkanes) is 1. The van der Waals surface area contributed by atoms with Crippen molar-refractivity contribution in [3.8, 4) is 0 Å². The number of aliphatic carboxylic acids is 1. The summed E-state index contributed by atoms with van der Waals surface area (Å²) in [6.45, 7) is 1.42. The number of H-pyrrole nitrogens is 1. The number of pyridine rings is 1. The molecule has 126 valence electrons. The lowest BCUT2D eigenvalue weighted by Gasteiger charge is -2.10. The van der Waals surface area contributed by atoms with E-state index >= 15 is 0 Å². The molecule has 2 aromatic heterocycles. The van der Waals surface area contributed by atoms with Gasteiger partial charge in [0.1, 0.15) is 23.5 Å². The number of halogens is 2. The maximum absolute atomic E-state index is 12.3. The average Bonchev–Trinajstić information content (AvgIpc) is 2.94. The van der Waals surface area contributed by atoms with Gasteiger partial charge in [0.05, 0.1) is 5.69 Å². The lowest BCUT2D eigenvalue weighted by atomic mass is 10.1. The molecule has 2 aromatic rings. The van der Waals surface area contributed by atoms with Gasteiger partial charge in [-0.15, -0.1) is 12.4 Å². The lowest BCUT2D eigenvalue weighted by molar-refractivity contribution is -0.135. The van der Waals surface area contributed by atoms with Crippen LogP contribution in [0.5, 0.6) is 0 Å². The molecule has 0 aliphatic rings. The molecule has 23 heavy (non-hydrogen) atoms. The average molecular weight is 363 g/mol. The smallest absolute Gasteiger partial charge is 0.322 e. The summed E-state index contributed by atoms with van der Waals surface area (Å²) in [7, 11) is 0. The number of aromatic nitrogens is 3. The molecule has 0 bridgehead atoms. The highest BCUT2D eigenvalue weighted by molar-refractivity contribution is 6.31. The van der Waals surface area contributed by atoms with E-state index in [0.29, 0.717) is 12.1 Å². The fourth-order valence-electron chi connectivity index (χ4n) is 2.10. The number of carboxylic acid groups (broad SMARTS) is 1. The van der Waals surface area contributed by atoms with Crippen LogP contribution in [0, 0.1) is 0 Å². The minimum absolute atomic E-state index is 0. The fraction of sp³-hybridized carbons (Fsp3) is 0.385. The second kappa shape index (κ2) is 7.98. The van der Waals surface area contributed by atoms with Crippen molar-refractivity contribution in [2.45, 2.75) is 26.2 Å². The van der Waals surface area contributed by atoms with Crippen molar-refractivity contribution in [2.75, 3.05) is 6.54 Å². The Morgan fingerprint density at radius 2 is 2.17 bits per heavy atom. The molecule has 0 aromatic carbocycles. The third-order valence-corrected chi connectivity index (χ3v) is 3.54. The number of rotatable bonds is 6. The predicted molar refractivity (Wildman–Crippen MR) is 86.7 cm³/mol. The standard InChI is InChI=1S/C13H15ClN4O4.ClH/c1-2-3-4-7-10(14)11(21)9(12-16-6-17-18(7)12)13(22)15-5-8(19)20;/h6H,2-5H2,1H3,(H,15,22)(H,16,17)(H,19,20);1H. The van der Waals surface area contributed by atoms with Gasteiger partial charge < -0.3 is 10.4 Å².